The molecule has 0 saturated heterocycles. The molecule has 0 fully saturated rings. The first-order valence-electron chi connectivity index (χ1n) is 9.66. The van der Waals surface area contributed by atoms with Gasteiger partial charge < -0.3 is 4.74 Å². The summed E-state index contributed by atoms with van der Waals surface area (Å²) in [5, 5.41) is 5.77. The largest absolute Gasteiger partial charge is 0.459 e. The molecule has 8 nitrogen and oxygen atoms in total. The van der Waals surface area contributed by atoms with Gasteiger partial charge in [-0.2, -0.15) is 5.10 Å². The highest BCUT2D eigenvalue weighted by Crippen LogP contribution is 2.15. The highest BCUT2D eigenvalue weighted by atomic mass is 16.5. The number of amides is 1. The number of hydrazone groups is 1. The Labute approximate surface area is 172 Å². The fraction of sp³-hybridized carbons (Fsp3) is 0.227. The summed E-state index contributed by atoms with van der Waals surface area (Å²) in [5.74, 6) is -0.746. The monoisotopic (exact) mass is 404 g/mol. The van der Waals surface area contributed by atoms with Crippen molar-refractivity contribution in [2.75, 3.05) is 6.54 Å². The predicted octanol–water partition coefficient (Wildman–Crippen LogP) is 2.15. The molecule has 0 bridgehead atoms. The molecule has 3 aromatic rings. The van der Waals surface area contributed by atoms with Crippen LogP contribution >= 0.6 is 0 Å². The minimum absolute atomic E-state index is 0.0121. The maximum absolute atomic E-state index is 12.3. The highest BCUT2D eigenvalue weighted by Gasteiger charge is 2.22. The van der Waals surface area contributed by atoms with Gasteiger partial charge in [-0.15, -0.1) is 0 Å². The van der Waals surface area contributed by atoms with E-state index < -0.39 is 5.97 Å². The van der Waals surface area contributed by atoms with E-state index in [-0.39, 0.29) is 30.9 Å². The standard InChI is InChI=1S/C22H20N4O4/c27-20(26-13-11-18(24-26)16-6-2-1-3-7-16)9-10-22(29)30-15-17-14-21(28)25-12-5-4-8-19(25)23-17/h1-8,12,14H,9-11,13,15H2. The number of fused-ring (bicyclic) bond motifs is 1. The number of pyridine rings is 1. The Morgan fingerprint density at radius 1 is 1.03 bits per heavy atom. The molecule has 8 heteroatoms. The topological polar surface area (TPSA) is 93.3 Å². The summed E-state index contributed by atoms with van der Waals surface area (Å²) in [7, 11) is 0. The number of hydrogen-bond acceptors (Lipinski definition) is 6. The second-order valence-electron chi connectivity index (χ2n) is 6.85. The Balaban J connectivity index is 1.28. The third-order valence-electron chi connectivity index (χ3n) is 4.74. The molecule has 0 radical (unpaired) electrons. The molecular formula is C22H20N4O4. The van der Waals surface area contributed by atoms with Crippen molar-refractivity contribution in [2.45, 2.75) is 25.9 Å². The molecule has 4 rings (SSSR count). The molecule has 152 valence electrons. The quantitative estimate of drug-likeness (QED) is 0.587. The Morgan fingerprint density at radius 2 is 1.83 bits per heavy atom. The number of nitrogens with zero attached hydrogens (tertiary/aromatic N) is 4. The first-order chi connectivity index (χ1) is 14.6. The molecule has 0 aliphatic carbocycles. The van der Waals surface area contributed by atoms with Crippen molar-refractivity contribution < 1.29 is 14.3 Å². The number of benzene rings is 1. The molecule has 1 aromatic carbocycles. The van der Waals surface area contributed by atoms with Crippen molar-refractivity contribution in [3.63, 3.8) is 0 Å². The Kier molecular flexibility index (Phi) is 5.65. The first kappa shape index (κ1) is 19.5. The molecule has 1 amide bonds. The van der Waals surface area contributed by atoms with E-state index in [2.05, 4.69) is 10.1 Å². The number of aromatic nitrogens is 2. The SMILES string of the molecule is O=C(CCC(=O)N1CCC(c2ccccc2)=N1)OCc1cc(=O)n2ccccc2n1. The summed E-state index contributed by atoms with van der Waals surface area (Å²) in [5.41, 5.74) is 2.45. The summed E-state index contributed by atoms with van der Waals surface area (Å²) in [6.07, 6.45) is 2.26. The number of hydrogen-bond donors (Lipinski definition) is 0. The van der Waals surface area contributed by atoms with Crippen LogP contribution in [0.1, 0.15) is 30.5 Å². The van der Waals surface area contributed by atoms with Gasteiger partial charge >= 0.3 is 5.97 Å². The average molecular weight is 404 g/mol. The fourth-order valence-corrected chi connectivity index (χ4v) is 3.21. The number of ether oxygens (including phenoxy) is 1. The van der Waals surface area contributed by atoms with Crippen LogP contribution in [0.4, 0.5) is 0 Å². The van der Waals surface area contributed by atoms with Crippen LogP contribution in [0.15, 0.2) is 70.7 Å². The maximum Gasteiger partial charge on any atom is 0.306 e. The van der Waals surface area contributed by atoms with Crippen LogP contribution in [0.3, 0.4) is 0 Å². The molecular weight excluding hydrogens is 384 g/mol. The maximum atomic E-state index is 12.3. The highest BCUT2D eigenvalue weighted by molar-refractivity contribution is 6.02. The van der Waals surface area contributed by atoms with Crippen LogP contribution in [0.5, 0.6) is 0 Å². The van der Waals surface area contributed by atoms with Crippen molar-refractivity contribution in [1.29, 1.82) is 0 Å². The van der Waals surface area contributed by atoms with Gasteiger partial charge in [-0.25, -0.2) is 9.99 Å². The van der Waals surface area contributed by atoms with Crippen LogP contribution < -0.4 is 5.56 Å². The second-order valence-corrected chi connectivity index (χ2v) is 6.85. The smallest absolute Gasteiger partial charge is 0.306 e. The molecule has 0 N–H and O–H groups in total. The second kappa shape index (κ2) is 8.69. The molecule has 0 unspecified atom stereocenters. The summed E-state index contributed by atoms with van der Waals surface area (Å²) >= 11 is 0. The van der Waals surface area contributed by atoms with Crippen LogP contribution in [0, 0.1) is 0 Å². The van der Waals surface area contributed by atoms with Gasteiger partial charge in [-0.3, -0.25) is 18.8 Å². The molecule has 0 spiro atoms. The zero-order valence-electron chi connectivity index (χ0n) is 16.2. The molecule has 1 aliphatic rings. The van der Waals surface area contributed by atoms with Gasteiger partial charge in [0.05, 0.1) is 24.4 Å². The number of carbonyl (C=O) groups is 2. The lowest BCUT2D eigenvalue weighted by atomic mass is 10.1. The van der Waals surface area contributed by atoms with E-state index in [1.54, 1.807) is 24.4 Å². The van der Waals surface area contributed by atoms with E-state index in [4.69, 9.17) is 4.74 Å². The summed E-state index contributed by atoms with van der Waals surface area (Å²) in [6.45, 7) is 0.386. The zero-order valence-corrected chi connectivity index (χ0v) is 16.2. The third-order valence-corrected chi connectivity index (χ3v) is 4.74. The van der Waals surface area contributed by atoms with Gasteiger partial charge in [0.2, 0.25) is 5.91 Å². The van der Waals surface area contributed by atoms with E-state index in [9.17, 15) is 14.4 Å². The van der Waals surface area contributed by atoms with E-state index in [0.717, 1.165) is 11.3 Å². The molecule has 0 atom stereocenters. The van der Waals surface area contributed by atoms with Gasteiger partial charge in [-0.05, 0) is 17.7 Å². The van der Waals surface area contributed by atoms with E-state index in [1.807, 2.05) is 30.3 Å². The van der Waals surface area contributed by atoms with Crippen molar-refractivity contribution >= 4 is 23.2 Å². The average Bonchev–Trinajstić information content (AvgIpc) is 3.27. The van der Waals surface area contributed by atoms with Crippen molar-refractivity contribution in [1.82, 2.24) is 14.4 Å². The minimum Gasteiger partial charge on any atom is -0.459 e. The summed E-state index contributed by atoms with van der Waals surface area (Å²) in [4.78, 5) is 40.7. The number of esters is 1. The van der Waals surface area contributed by atoms with E-state index in [1.165, 1.54) is 15.5 Å². The van der Waals surface area contributed by atoms with Crippen LogP contribution in [-0.2, 0) is 20.9 Å². The third kappa shape index (κ3) is 4.43. The molecule has 3 heterocycles. The summed E-state index contributed by atoms with van der Waals surface area (Å²) in [6, 6.07) is 16.2. The number of rotatable bonds is 6. The van der Waals surface area contributed by atoms with Gasteiger partial charge in [-0.1, -0.05) is 36.4 Å². The van der Waals surface area contributed by atoms with Crippen molar-refractivity contribution in [3.8, 4) is 0 Å². The van der Waals surface area contributed by atoms with Gasteiger partial charge in [0.1, 0.15) is 12.3 Å². The number of carbonyl (C=O) groups excluding carboxylic acids is 2. The van der Waals surface area contributed by atoms with Crippen LogP contribution in [0.25, 0.3) is 5.65 Å². The lowest BCUT2D eigenvalue weighted by Crippen LogP contribution is -2.24. The van der Waals surface area contributed by atoms with Gasteiger partial charge in [0.15, 0.2) is 0 Å². The predicted molar refractivity (Wildman–Crippen MR) is 110 cm³/mol. The summed E-state index contributed by atoms with van der Waals surface area (Å²) < 4.78 is 6.59. The lowest BCUT2D eigenvalue weighted by Gasteiger charge is -2.11. The Morgan fingerprint density at radius 3 is 2.67 bits per heavy atom. The molecule has 1 aliphatic heterocycles. The minimum atomic E-state index is -0.523. The first-order valence-corrected chi connectivity index (χ1v) is 9.66. The van der Waals surface area contributed by atoms with Crippen molar-refractivity contribution in [3.05, 3.63) is 82.4 Å². The van der Waals surface area contributed by atoms with Gasteiger partial charge in [0, 0.05) is 25.1 Å². The van der Waals surface area contributed by atoms with Crippen LogP contribution in [0.2, 0.25) is 0 Å². The Hall–Kier alpha value is -3.81. The van der Waals surface area contributed by atoms with E-state index in [0.29, 0.717) is 24.3 Å². The normalized spacial score (nSPS) is 13.3. The van der Waals surface area contributed by atoms with Crippen molar-refractivity contribution in [2.24, 2.45) is 5.10 Å². The Bertz CT molecular complexity index is 1170. The molecule has 0 saturated carbocycles. The lowest BCUT2D eigenvalue weighted by molar-refractivity contribution is -0.147. The molecule has 2 aromatic heterocycles. The van der Waals surface area contributed by atoms with E-state index >= 15 is 0 Å². The van der Waals surface area contributed by atoms with Crippen LogP contribution in [-0.4, -0.2) is 38.5 Å². The zero-order chi connectivity index (χ0) is 20.9. The molecule has 30 heavy (non-hydrogen) atoms. The fourth-order valence-electron chi connectivity index (χ4n) is 3.21. The van der Waals surface area contributed by atoms with Gasteiger partial charge in [0.25, 0.3) is 5.56 Å².